The van der Waals surface area contributed by atoms with Gasteiger partial charge in [-0.2, -0.15) is 0 Å². The second kappa shape index (κ2) is 3.53. The van der Waals surface area contributed by atoms with Crippen LogP contribution in [0.2, 0.25) is 5.02 Å². The monoisotopic (exact) mass is 272 g/mol. The van der Waals surface area contributed by atoms with Gasteiger partial charge in [0.25, 0.3) is 0 Å². The minimum Gasteiger partial charge on any atom is -0.0840 e. The van der Waals surface area contributed by atoms with Gasteiger partial charge in [-0.15, -0.1) is 0 Å². The van der Waals surface area contributed by atoms with E-state index in [9.17, 15) is 0 Å². The van der Waals surface area contributed by atoms with Crippen LogP contribution in [0.3, 0.4) is 0 Å². The van der Waals surface area contributed by atoms with E-state index in [0.717, 1.165) is 9.50 Å². The first-order valence-corrected chi connectivity index (χ1v) is 6.16. The molecule has 1 aliphatic rings. The molecule has 2 heteroatoms. The Morgan fingerprint density at radius 2 is 2.00 bits per heavy atom. The highest BCUT2D eigenvalue weighted by molar-refractivity contribution is 9.10. The molecule has 0 radical (unpaired) electrons. The maximum Gasteiger partial charge on any atom is 0.0454 e. The summed E-state index contributed by atoms with van der Waals surface area (Å²) in [6.45, 7) is 4.43. The van der Waals surface area contributed by atoms with Crippen LogP contribution in [0.1, 0.15) is 37.3 Å². The molecule has 0 aromatic heterocycles. The molecule has 1 saturated carbocycles. The summed E-state index contributed by atoms with van der Waals surface area (Å²) in [5.74, 6) is 0. The van der Waals surface area contributed by atoms with Gasteiger partial charge in [-0.1, -0.05) is 46.9 Å². The van der Waals surface area contributed by atoms with Crippen LogP contribution in [0, 0.1) is 6.92 Å². The Morgan fingerprint density at radius 1 is 1.36 bits per heavy atom. The molecule has 14 heavy (non-hydrogen) atoms. The highest BCUT2D eigenvalue weighted by Crippen LogP contribution is 2.46. The molecule has 0 amide bonds. The molecule has 0 N–H and O–H groups in total. The van der Waals surface area contributed by atoms with E-state index < -0.39 is 0 Å². The molecule has 0 unspecified atom stereocenters. The van der Waals surface area contributed by atoms with E-state index in [1.165, 1.54) is 30.4 Å². The fraction of sp³-hybridized carbons (Fsp3) is 0.500. The first-order valence-electron chi connectivity index (χ1n) is 4.99. The third-order valence-corrected chi connectivity index (χ3v) is 4.52. The van der Waals surface area contributed by atoms with Crippen molar-refractivity contribution in [3.8, 4) is 0 Å². The van der Waals surface area contributed by atoms with Gasteiger partial charge in [-0.05, 0) is 42.4 Å². The number of rotatable bonds is 1. The lowest BCUT2D eigenvalue weighted by atomic mass is 9.66. The standard InChI is InChI=1S/C12H14BrCl/c1-8-6-9(11(14)7-10(8)13)12(2)4-3-5-12/h6-7H,3-5H2,1-2H3. The SMILES string of the molecule is Cc1cc(C2(C)CCC2)c(Cl)cc1Br. The van der Waals surface area contributed by atoms with E-state index in [4.69, 9.17) is 11.6 Å². The molecule has 0 bridgehead atoms. The molecule has 0 atom stereocenters. The molecule has 1 aromatic rings. The number of halogens is 2. The highest BCUT2D eigenvalue weighted by Gasteiger charge is 2.35. The van der Waals surface area contributed by atoms with E-state index in [-0.39, 0.29) is 0 Å². The molecule has 0 saturated heterocycles. The van der Waals surface area contributed by atoms with Crippen LogP contribution in [-0.4, -0.2) is 0 Å². The summed E-state index contributed by atoms with van der Waals surface area (Å²) in [5.41, 5.74) is 2.94. The summed E-state index contributed by atoms with van der Waals surface area (Å²) in [5, 5.41) is 0.907. The molecule has 1 aliphatic carbocycles. The van der Waals surface area contributed by atoms with E-state index in [2.05, 4.69) is 35.8 Å². The van der Waals surface area contributed by atoms with Crippen molar-refractivity contribution in [3.63, 3.8) is 0 Å². The maximum atomic E-state index is 6.27. The minimum absolute atomic E-state index is 0.336. The van der Waals surface area contributed by atoms with Crippen molar-refractivity contribution in [2.75, 3.05) is 0 Å². The van der Waals surface area contributed by atoms with Gasteiger partial charge in [-0.25, -0.2) is 0 Å². The summed E-state index contributed by atoms with van der Waals surface area (Å²) in [4.78, 5) is 0. The lowest BCUT2D eigenvalue weighted by Gasteiger charge is -2.39. The second-order valence-electron chi connectivity index (χ2n) is 4.50. The molecule has 0 spiro atoms. The normalized spacial score (nSPS) is 19.1. The van der Waals surface area contributed by atoms with E-state index in [0.29, 0.717) is 5.41 Å². The van der Waals surface area contributed by atoms with Gasteiger partial charge in [0.05, 0.1) is 0 Å². The maximum absolute atomic E-state index is 6.27. The summed E-state index contributed by atoms with van der Waals surface area (Å²) >= 11 is 9.77. The average molecular weight is 274 g/mol. The molecular formula is C12H14BrCl. The largest absolute Gasteiger partial charge is 0.0840 e. The Bertz CT molecular complexity index is 367. The third kappa shape index (κ3) is 1.61. The first-order chi connectivity index (χ1) is 6.53. The molecule has 0 aliphatic heterocycles. The van der Waals surface area contributed by atoms with Crippen molar-refractivity contribution in [2.24, 2.45) is 0 Å². The summed E-state index contributed by atoms with van der Waals surface area (Å²) < 4.78 is 1.11. The summed E-state index contributed by atoms with van der Waals surface area (Å²) in [6.07, 6.45) is 3.88. The van der Waals surface area contributed by atoms with Crippen LogP contribution >= 0.6 is 27.5 Å². The highest BCUT2D eigenvalue weighted by atomic mass is 79.9. The third-order valence-electron chi connectivity index (χ3n) is 3.36. The number of hydrogen-bond acceptors (Lipinski definition) is 0. The molecule has 1 fully saturated rings. The van der Waals surface area contributed by atoms with Gasteiger partial charge in [0.1, 0.15) is 0 Å². The van der Waals surface area contributed by atoms with Gasteiger partial charge in [0, 0.05) is 9.50 Å². The van der Waals surface area contributed by atoms with Gasteiger partial charge in [0.15, 0.2) is 0 Å². The van der Waals surface area contributed by atoms with Gasteiger partial charge < -0.3 is 0 Å². The zero-order chi connectivity index (χ0) is 10.3. The molecule has 2 rings (SSSR count). The fourth-order valence-corrected chi connectivity index (χ4v) is 2.96. The van der Waals surface area contributed by atoms with E-state index >= 15 is 0 Å². The van der Waals surface area contributed by atoms with E-state index in [1.54, 1.807) is 0 Å². The van der Waals surface area contributed by atoms with Gasteiger partial charge in [0.2, 0.25) is 0 Å². The van der Waals surface area contributed by atoms with Crippen molar-refractivity contribution in [1.29, 1.82) is 0 Å². The predicted molar refractivity (Wildman–Crippen MR) is 65.1 cm³/mol. The Hall–Kier alpha value is -0.0100. The minimum atomic E-state index is 0.336. The summed E-state index contributed by atoms with van der Waals surface area (Å²) in [6, 6.07) is 4.25. The number of benzene rings is 1. The van der Waals surface area contributed by atoms with Gasteiger partial charge in [-0.3, -0.25) is 0 Å². The molecule has 76 valence electrons. The Balaban J connectivity index is 2.48. The summed E-state index contributed by atoms with van der Waals surface area (Å²) in [7, 11) is 0. The smallest absolute Gasteiger partial charge is 0.0454 e. The number of hydrogen-bond donors (Lipinski definition) is 0. The Morgan fingerprint density at radius 3 is 2.50 bits per heavy atom. The van der Waals surface area contributed by atoms with Crippen molar-refractivity contribution in [2.45, 2.75) is 38.5 Å². The number of aryl methyl sites for hydroxylation is 1. The van der Waals surface area contributed by atoms with Crippen molar-refractivity contribution >= 4 is 27.5 Å². The molecule has 1 aromatic carbocycles. The van der Waals surface area contributed by atoms with Crippen LogP contribution in [-0.2, 0) is 5.41 Å². The topological polar surface area (TPSA) is 0 Å². The average Bonchev–Trinajstić information content (AvgIpc) is 2.07. The van der Waals surface area contributed by atoms with Crippen molar-refractivity contribution in [3.05, 3.63) is 32.8 Å². The van der Waals surface area contributed by atoms with Crippen molar-refractivity contribution < 1.29 is 0 Å². The molecule has 0 nitrogen and oxygen atoms in total. The Kier molecular flexibility index (Phi) is 2.65. The lowest BCUT2D eigenvalue weighted by molar-refractivity contribution is 0.272. The zero-order valence-corrected chi connectivity index (χ0v) is 10.9. The zero-order valence-electron chi connectivity index (χ0n) is 8.53. The predicted octanol–water partition coefficient (Wildman–Crippen LogP) is 4.85. The first kappa shape index (κ1) is 10.5. The van der Waals surface area contributed by atoms with Crippen LogP contribution in [0.15, 0.2) is 16.6 Å². The Labute approximate surface area is 98.8 Å². The van der Waals surface area contributed by atoms with Crippen molar-refractivity contribution in [1.82, 2.24) is 0 Å². The van der Waals surface area contributed by atoms with Crippen LogP contribution in [0.5, 0.6) is 0 Å². The van der Waals surface area contributed by atoms with Crippen LogP contribution in [0.25, 0.3) is 0 Å². The quantitative estimate of drug-likeness (QED) is 0.686. The lowest BCUT2D eigenvalue weighted by Crippen LogP contribution is -2.30. The van der Waals surface area contributed by atoms with E-state index in [1.807, 2.05) is 6.07 Å². The fourth-order valence-electron chi connectivity index (χ4n) is 2.10. The van der Waals surface area contributed by atoms with Gasteiger partial charge >= 0.3 is 0 Å². The second-order valence-corrected chi connectivity index (χ2v) is 5.76. The van der Waals surface area contributed by atoms with Crippen LogP contribution < -0.4 is 0 Å². The molecule has 0 heterocycles. The molecular weight excluding hydrogens is 259 g/mol. The van der Waals surface area contributed by atoms with Crippen LogP contribution in [0.4, 0.5) is 0 Å².